The first-order valence-electron chi connectivity index (χ1n) is 3.30. The Bertz CT molecular complexity index is 340. The van der Waals surface area contributed by atoms with Crippen molar-refractivity contribution in [1.82, 2.24) is 15.0 Å². The molecule has 0 aliphatic carbocycles. The molecule has 0 saturated heterocycles. The summed E-state index contributed by atoms with van der Waals surface area (Å²) in [5, 5.41) is 8.72. The Morgan fingerprint density at radius 1 is 1.50 bits per heavy atom. The molecule has 0 radical (unpaired) electrons. The molecule has 0 aliphatic heterocycles. The molecule has 2 aromatic rings. The highest BCUT2D eigenvalue weighted by molar-refractivity contribution is 5.85. The maximum absolute atomic E-state index is 8.72. The van der Waals surface area contributed by atoms with Gasteiger partial charge in [0.05, 0.1) is 5.52 Å². The highest BCUT2D eigenvalue weighted by atomic mass is 35.5. The van der Waals surface area contributed by atoms with Gasteiger partial charge in [-0.1, -0.05) is 0 Å². The van der Waals surface area contributed by atoms with Crippen LogP contribution >= 0.6 is 12.4 Å². The number of hydrogen-bond donors (Lipinski definition) is 2. The van der Waals surface area contributed by atoms with Gasteiger partial charge in [-0.05, 0) is 12.1 Å². The number of aliphatic hydroxyl groups is 1. The number of aromatic amines is 1. The minimum atomic E-state index is -0.0731. The average molecular weight is 186 g/mol. The third-order valence-corrected chi connectivity index (χ3v) is 1.46. The van der Waals surface area contributed by atoms with E-state index in [0.29, 0.717) is 11.5 Å². The summed E-state index contributed by atoms with van der Waals surface area (Å²) in [7, 11) is 0. The summed E-state index contributed by atoms with van der Waals surface area (Å²) in [4.78, 5) is 10.9. The predicted octanol–water partition coefficient (Wildman–Crippen LogP) is 0.872. The fourth-order valence-corrected chi connectivity index (χ4v) is 0.970. The molecule has 0 fully saturated rings. The molecule has 4 nitrogen and oxygen atoms in total. The number of aromatic nitrogens is 3. The summed E-state index contributed by atoms with van der Waals surface area (Å²) in [6, 6.07) is 3.69. The van der Waals surface area contributed by atoms with Crippen molar-refractivity contribution in [2.24, 2.45) is 0 Å². The molecule has 2 rings (SSSR count). The molecular formula is C7H8ClN3O. The molecule has 0 aliphatic rings. The van der Waals surface area contributed by atoms with Gasteiger partial charge in [0.25, 0.3) is 0 Å². The second-order valence-corrected chi connectivity index (χ2v) is 2.22. The van der Waals surface area contributed by atoms with E-state index in [1.54, 1.807) is 6.20 Å². The number of fused-ring (bicyclic) bond motifs is 1. The Labute approximate surface area is 75.1 Å². The van der Waals surface area contributed by atoms with Crippen LogP contribution in [-0.4, -0.2) is 20.1 Å². The lowest BCUT2D eigenvalue weighted by atomic mass is 10.4. The van der Waals surface area contributed by atoms with E-state index in [-0.39, 0.29) is 19.0 Å². The van der Waals surface area contributed by atoms with Crippen molar-refractivity contribution >= 4 is 23.6 Å². The van der Waals surface area contributed by atoms with Crippen molar-refractivity contribution in [3.8, 4) is 0 Å². The predicted molar refractivity (Wildman–Crippen MR) is 47.1 cm³/mol. The first-order valence-corrected chi connectivity index (χ1v) is 3.30. The van der Waals surface area contributed by atoms with Crippen LogP contribution in [-0.2, 0) is 6.61 Å². The van der Waals surface area contributed by atoms with Crippen molar-refractivity contribution < 1.29 is 5.11 Å². The maximum Gasteiger partial charge on any atom is 0.177 e. The fraction of sp³-hybridized carbons (Fsp3) is 0.143. The molecule has 0 unspecified atom stereocenters. The van der Waals surface area contributed by atoms with Gasteiger partial charge < -0.3 is 10.1 Å². The van der Waals surface area contributed by atoms with Gasteiger partial charge in [-0.25, -0.2) is 9.97 Å². The monoisotopic (exact) mass is 185 g/mol. The molecule has 12 heavy (non-hydrogen) atoms. The molecule has 0 saturated carbocycles. The molecule has 5 heteroatoms. The lowest BCUT2D eigenvalue weighted by Crippen LogP contribution is -1.83. The Balaban J connectivity index is 0.000000720. The second kappa shape index (κ2) is 3.51. The topological polar surface area (TPSA) is 61.8 Å². The van der Waals surface area contributed by atoms with Gasteiger partial charge in [-0.15, -0.1) is 12.4 Å². The van der Waals surface area contributed by atoms with Crippen LogP contribution in [0.1, 0.15) is 5.82 Å². The van der Waals surface area contributed by atoms with Crippen LogP contribution in [0.3, 0.4) is 0 Å². The molecular weight excluding hydrogens is 178 g/mol. The zero-order valence-corrected chi connectivity index (χ0v) is 7.01. The van der Waals surface area contributed by atoms with Crippen molar-refractivity contribution in [1.29, 1.82) is 0 Å². The van der Waals surface area contributed by atoms with Crippen LogP contribution in [0.2, 0.25) is 0 Å². The van der Waals surface area contributed by atoms with E-state index in [0.717, 1.165) is 5.52 Å². The van der Waals surface area contributed by atoms with Gasteiger partial charge in [-0.2, -0.15) is 0 Å². The number of halogens is 1. The number of imidazole rings is 1. The number of nitrogens with zero attached hydrogens (tertiary/aromatic N) is 2. The summed E-state index contributed by atoms with van der Waals surface area (Å²) in [5.41, 5.74) is 1.51. The smallest absolute Gasteiger partial charge is 0.177 e. The fourth-order valence-electron chi connectivity index (χ4n) is 0.970. The van der Waals surface area contributed by atoms with Crippen molar-refractivity contribution in [3.05, 3.63) is 24.2 Å². The Hall–Kier alpha value is -1.13. The van der Waals surface area contributed by atoms with E-state index < -0.39 is 0 Å². The highest BCUT2D eigenvalue weighted by Crippen LogP contribution is 2.06. The van der Waals surface area contributed by atoms with Crippen LogP contribution in [0.4, 0.5) is 0 Å². The number of rotatable bonds is 1. The van der Waals surface area contributed by atoms with Crippen LogP contribution in [0.5, 0.6) is 0 Å². The van der Waals surface area contributed by atoms with E-state index >= 15 is 0 Å². The normalized spacial score (nSPS) is 9.75. The first kappa shape index (κ1) is 8.96. The number of aliphatic hydroxyl groups excluding tert-OH is 1. The molecule has 2 aromatic heterocycles. The van der Waals surface area contributed by atoms with Crippen molar-refractivity contribution in [2.45, 2.75) is 6.61 Å². The van der Waals surface area contributed by atoms with Crippen molar-refractivity contribution in [3.63, 3.8) is 0 Å². The summed E-state index contributed by atoms with van der Waals surface area (Å²) in [6.45, 7) is -0.0731. The number of nitrogens with one attached hydrogen (secondary N) is 1. The lowest BCUT2D eigenvalue weighted by molar-refractivity contribution is 0.273. The molecule has 0 spiro atoms. The van der Waals surface area contributed by atoms with Gasteiger partial charge in [0, 0.05) is 6.20 Å². The zero-order chi connectivity index (χ0) is 7.68. The van der Waals surface area contributed by atoms with Crippen molar-refractivity contribution in [2.75, 3.05) is 0 Å². The summed E-state index contributed by atoms with van der Waals surface area (Å²) < 4.78 is 0. The molecule has 0 amide bonds. The molecule has 0 aromatic carbocycles. The summed E-state index contributed by atoms with van der Waals surface area (Å²) in [5.74, 6) is 0.554. The van der Waals surface area contributed by atoms with Gasteiger partial charge in [-0.3, -0.25) is 0 Å². The zero-order valence-electron chi connectivity index (χ0n) is 6.19. The minimum absolute atomic E-state index is 0. The van der Waals surface area contributed by atoms with E-state index in [4.69, 9.17) is 5.11 Å². The van der Waals surface area contributed by atoms with Crippen LogP contribution in [0, 0.1) is 0 Å². The van der Waals surface area contributed by atoms with Gasteiger partial charge in [0.2, 0.25) is 0 Å². The molecule has 2 N–H and O–H groups in total. The van der Waals surface area contributed by atoms with E-state index in [9.17, 15) is 0 Å². The van der Waals surface area contributed by atoms with E-state index in [2.05, 4.69) is 15.0 Å². The number of H-pyrrole nitrogens is 1. The van der Waals surface area contributed by atoms with Crippen LogP contribution in [0.15, 0.2) is 18.3 Å². The van der Waals surface area contributed by atoms with Crippen LogP contribution < -0.4 is 0 Å². The second-order valence-electron chi connectivity index (χ2n) is 2.22. The largest absolute Gasteiger partial charge is 0.388 e. The quantitative estimate of drug-likeness (QED) is 0.693. The Kier molecular flexibility index (Phi) is 2.62. The third kappa shape index (κ3) is 1.39. The standard InChI is InChI=1S/C7H7N3O.ClH/c11-4-6-9-5-2-1-3-8-7(5)10-6;/h1-3,11H,4H2,(H,8,9,10);1H. The highest BCUT2D eigenvalue weighted by Gasteiger charge is 1.99. The SMILES string of the molecule is Cl.OCc1nc2ncccc2[nH]1. The van der Waals surface area contributed by atoms with Gasteiger partial charge in [0.1, 0.15) is 12.4 Å². The lowest BCUT2D eigenvalue weighted by Gasteiger charge is -1.81. The van der Waals surface area contributed by atoms with E-state index in [1.807, 2.05) is 12.1 Å². The number of pyridine rings is 1. The Morgan fingerprint density at radius 2 is 2.33 bits per heavy atom. The van der Waals surface area contributed by atoms with Gasteiger partial charge in [0.15, 0.2) is 5.65 Å². The van der Waals surface area contributed by atoms with Crippen LogP contribution in [0.25, 0.3) is 11.2 Å². The molecule has 64 valence electrons. The molecule has 2 heterocycles. The van der Waals surface area contributed by atoms with Gasteiger partial charge >= 0.3 is 0 Å². The summed E-state index contributed by atoms with van der Waals surface area (Å²) in [6.07, 6.45) is 1.67. The minimum Gasteiger partial charge on any atom is -0.388 e. The Morgan fingerprint density at radius 3 is 3.00 bits per heavy atom. The molecule has 0 bridgehead atoms. The average Bonchev–Trinajstić information content (AvgIpc) is 2.46. The maximum atomic E-state index is 8.72. The molecule has 0 atom stereocenters. The summed E-state index contributed by atoms with van der Waals surface area (Å²) >= 11 is 0. The number of hydrogen-bond acceptors (Lipinski definition) is 3. The van der Waals surface area contributed by atoms with E-state index in [1.165, 1.54) is 0 Å². The first-order chi connectivity index (χ1) is 5.40. The third-order valence-electron chi connectivity index (χ3n) is 1.46.